The van der Waals surface area contributed by atoms with Crippen molar-refractivity contribution in [1.29, 1.82) is 0 Å². The molecule has 0 amide bonds. The molecule has 0 radical (unpaired) electrons. The Labute approximate surface area is 141 Å². The number of nitro groups is 1. The third-order valence-corrected chi connectivity index (χ3v) is 4.40. The Morgan fingerprint density at radius 3 is 2.52 bits per heavy atom. The van der Waals surface area contributed by atoms with E-state index in [0.29, 0.717) is 11.1 Å². The first-order chi connectivity index (χ1) is 11.8. The summed E-state index contributed by atoms with van der Waals surface area (Å²) in [5, 5.41) is 13.0. The summed E-state index contributed by atoms with van der Waals surface area (Å²) in [7, 11) is -4.14. The third-order valence-electron chi connectivity index (χ3n) is 3.09. The van der Waals surface area contributed by atoms with E-state index in [1.165, 1.54) is 0 Å². The van der Waals surface area contributed by atoms with Crippen LogP contribution in [0.4, 0.5) is 11.7 Å². The van der Waals surface area contributed by atoms with Crippen LogP contribution in [0, 0.1) is 10.1 Å². The monoisotopic (exact) mass is 361 g/mol. The minimum atomic E-state index is -4.14. The number of nitrogens with zero attached hydrogens (tertiary/aromatic N) is 3. The molecule has 25 heavy (non-hydrogen) atoms. The Morgan fingerprint density at radius 2 is 1.88 bits per heavy atom. The van der Waals surface area contributed by atoms with Crippen molar-refractivity contribution in [2.75, 3.05) is 5.32 Å². The van der Waals surface area contributed by atoms with Crippen LogP contribution >= 0.6 is 0 Å². The maximum Gasteiger partial charge on any atom is 0.302 e. The summed E-state index contributed by atoms with van der Waals surface area (Å²) in [6.07, 6.45) is 0. The summed E-state index contributed by atoms with van der Waals surface area (Å²) in [6.45, 7) is 0. The fraction of sp³-hybridized carbons (Fsp3) is 0. The molecule has 11 heteroatoms. The Hall–Kier alpha value is -3.47. The van der Waals surface area contributed by atoms with E-state index < -0.39 is 20.9 Å². The van der Waals surface area contributed by atoms with Crippen molar-refractivity contribution < 1.29 is 17.8 Å². The zero-order valence-corrected chi connectivity index (χ0v) is 13.3. The van der Waals surface area contributed by atoms with E-state index in [4.69, 9.17) is 10.2 Å². The van der Waals surface area contributed by atoms with Gasteiger partial charge in [-0.2, -0.15) is 13.4 Å². The highest BCUT2D eigenvalue weighted by Crippen LogP contribution is 2.19. The van der Waals surface area contributed by atoms with E-state index in [-0.39, 0.29) is 16.6 Å². The molecule has 1 heterocycles. The summed E-state index contributed by atoms with van der Waals surface area (Å²) in [4.78, 5) is 13.8. The van der Waals surface area contributed by atoms with Gasteiger partial charge in [0.25, 0.3) is 15.7 Å². The van der Waals surface area contributed by atoms with Crippen molar-refractivity contribution in [1.82, 2.24) is 4.98 Å². The van der Waals surface area contributed by atoms with Gasteiger partial charge < -0.3 is 10.2 Å². The molecule has 0 aliphatic rings. The van der Waals surface area contributed by atoms with Gasteiger partial charge in [-0.05, 0) is 24.3 Å². The van der Waals surface area contributed by atoms with Crippen LogP contribution in [-0.4, -0.2) is 24.3 Å². The highest BCUT2D eigenvalue weighted by atomic mass is 32.2. The number of guanidine groups is 1. The van der Waals surface area contributed by atoms with Gasteiger partial charge in [0.15, 0.2) is 5.58 Å². The van der Waals surface area contributed by atoms with Crippen molar-refractivity contribution in [3.05, 3.63) is 58.6 Å². The predicted octanol–water partition coefficient (Wildman–Crippen LogP) is 1.85. The highest BCUT2D eigenvalue weighted by Gasteiger charge is 2.16. The van der Waals surface area contributed by atoms with Gasteiger partial charge in [-0.1, -0.05) is 12.1 Å². The first kappa shape index (κ1) is 16.4. The number of fused-ring (bicyclic) bond motifs is 1. The minimum absolute atomic E-state index is 0.0126. The molecule has 3 aromatic rings. The van der Waals surface area contributed by atoms with Gasteiger partial charge in [-0.3, -0.25) is 15.4 Å². The van der Waals surface area contributed by atoms with Crippen LogP contribution in [0.1, 0.15) is 0 Å². The smallest absolute Gasteiger partial charge is 0.302 e. The highest BCUT2D eigenvalue weighted by molar-refractivity contribution is 7.90. The van der Waals surface area contributed by atoms with Crippen LogP contribution in [0.2, 0.25) is 0 Å². The fourth-order valence-corrected chi connectivity index (χ4v) is 2.87. The number of nitrogens with one attached hydrogen (secondary N) is 1. The first-order valence-corrected chi connectivity index (χ1v) is 8.27. The zero-order chi connectivity index (χ0) is 18.0. The van der Waals surface area contributed by atoms with Gasteiger partial charge in [0.2, 0.25) is 5.96 Å². The summed E-state index contributed by atoms with van der Waals surface area (Å²) in [5.74, 6) is -0.454. The maximum atomic E-state index is 12.2. The average molecular weight is 361 g/mol. The molecule has 0 unspecified atom stereocenters. The lowest BCUT2D eigenvalue weighted by atomic mass is 10.3. The predicted molar refractivity (Wildman–Crippen MR) is 89.5 cm³/mol. The van der Waals surface area contributed by atoms with Crippen molar-refractivity contribution >= 4 is 38.8 Å². The number of nitro benzene ring substituents is 1. The van der Waals surface area contributed by atoms with Crippen molar-refractivity contribution in [2.24, 2.45) is 10.1 Å². The van der Waals surface area contributed by atoms with Crippen molar-refractivity contribution in [3.8, 4) is 0 Å². The van der Waals surface area contributed by atoms with Gasteiger partial charge in [0, 0.05) is 12.1 Å². The SMILES string of the molecule is NC(=NS(=O)(=O)c1ccc([N+](=O)[O-])cc1)Nc1nc2ccccc2o1. The quantitative estimate of drug-likeness (QED) is 0.309. The number of benzene rings is 2. The lowest BCUT2D eigenvalue weighted by Gasteiger charge is -2.02. The largest absolute Gasteiger partial charge is 0.423 e. The van der Waals surface area contributed by atoms with Gasteiger partial charge in [0.05, 0.1) is 9.82 Å². The van der Waals surface area contributed by atoms with E-state index in [0.717, 1.165) is 24.3 Å². The van der Waals surface area contributed by atoms with Gasteiger partial charge in [-0.25, -0.2) is 0 Å². The zero-order valence-electron chi connectivity index (χ0n) is 12.5. The summed E-state index contributed by atoms with van der Waals surface area (Å²) in [5.41, 5.74) is 6.41. The van der Waals surface area contributed by atoms with Crippen molar-refractivity contribution in [3.63, 3.8) is 0 Å². The second kappa shape index (κ2) is 6.20. The van der Waals surface area contributed by atoms with Gasteiger partial charge in [0.1, 0.15) is 5.52 Å². The van der Waals surface area contributed by atoms with Crippen LogP contribution < -0.4 is 11.1 Å². The molecule has 0 atom stereocenters. The molecule has 10 nitrogen and oxygen atoms in total. The molecule has 0 spiro atoms. The first-order valence-electron chi connectivity index (χ1n) is 6.83. The molecule has 0 aliphatic carbocycles. The molecule has 2 aromatic carbocycles. The molecule has 1 aromatic heterocycles. The molecule has 0 bridgehead atoms. The van der Waals surface area contributed by atoms with Crippen LogP contribution in [0.15, 0.2) is 62.2 Å². The Kier molecular flexibility index (Phi) is 4.07. The van der Waals surface area contributed by atoms with E-state index >= 15 is 0 Å². The number of nitrogens with two attached hydrogens (primary N) is 1. The molecule has 3 rings (SSSR count). The second-order valence-electron chi connectivity index (χ2n) is 4.81. The Morgan fingerprint density at radius 1 is 1.20 bits per heavy atom. The molecular weight excluding hydrogens is 350 g/mol. The van der Waals surface area contributed by atoms with E-state index in [1.54, 1.807) is 24.3 Å². The molecule has 0 fully saturated rings. The molecule has 128 valence electrons. The maximum absolute atomic E-state index is 12.2. The number of hydrogen-bond acceptors (Lipinski definition) is 6. The molecule has 3 N–H and O–H groups in total. The van der Waals surface area contributed by atoms with Crippen LogP contribution in [0.25, 0.3) is 11.1 Å². The summed E-state index contributed by atoms with van der Waals surface area (Å²) >= 11 is 0. The molecule has 0 aliphatic heterocycles. The molecular formula is C14H11N5O5S. The van der Waals surface area contributed by atoms with E-state index in [2.05, 4.69) is 14.7 Å². The number of aromatic nitrogens is 1. The van der Waals surface area contributed by atoms with Crippen LogP contribution in [-0.2, 0) is 10.0 Å². The third kappa shape index (κ3) is 3.55. The van der Waals surface area contributed by atoms with Crippen LogP contribution in [0.3, 0.4) is 0 Å². The summed E-state index contributed by atoms with van der Waals surface area (Å²) in [6, 6.07) is 11.2. The van der Waals surface area contributed by atoms with Crippen LogP contribution in [0.5, 0.6) is 0 Å². The second-order valence-corrected chi connectivity index (χ2v) is 6.42. The molecule has 0 saturated carbocycles. The Bertz CT molecular complexity index is 1040. The van der Waals surface area contributed by atoms with Crippen molar-refractivity contribution in [2.45, 2.75) is 4.90 Å². The lowest BCUT2D eigenvalue weighted by Crippen LogP contribution is -2.24. The Balaban J connectivity index is 1.83. The van der Waals surface area contributed by atoms with Gasteiger partial charge >= 0.3 is 6.01 Å². The van der Waals surface area contributed by atoms with E-state index in [1.807, 2.05) is 0 Å². The normalized spacial score (nSPS) is 12.2. The number of oxazole rings is 1. The number of anilines is 1. The fourth-order valence-electron chi connectivity index (χ4n) is 1.98. The minimum Gasteiger partial charge on any atom is -0.423 e. The molecule has 0 saturated heterocycles. The number of para-hydroxylation sites is 2. The lowest BCUT2D eigenvalue weighted by molar-refractivity contribution is -0.384. The number of hydrogen-bond donors (Lipinski definition) is 2. The standard InChI is InChI=1S/C14H11N5O5S/c15-13(17-14-16-11-3-1-2-4-12(11)24-14)18-25(22,23)10-7-5-9(6-8-10)19(20)21/h1-8H,(H3,15,16,17,18). The van der Waals surface area contributed by atoms with E-state index in [9.17, 15) is 18.5 Å². The average Bonchev–Trinajstić information content (AvgIpc) is 2.96. The summed E-state index contributed by atoms with van der Waals surface area (Å²) < 4.78 is 33.1. The number of sulfonamides is 1. The van der Waals surface area contributed by atoms with Gasteiger partial charge in [-0.15, -0.1) is 4.40 Å². The number of rotatable bonds is 4. The number of non-ortho nitro benzene ring substituents is 1. The topological polar surface area (TPSA) is 154 Å².